The third-order valence-electron chi connectivity index (χ3n) is 2.96. The number of hydrogen-bond acceptors (Lipinski definition) is 3. The smallest absolute Gasteiger partial charge is 0.377 e. The van der Waals surface area contributed by atoms with Crippen LogP contribution >= 0.6 is 0 Å². The van der Waals surface area contributed by atoms with E-state index in [1.54, 1.807) is 5.32 Å². The quantitative estimate of drug-likeness (QED) is 0.697. The second kappa shape index (κ2) is 8.37. The van der Waals surface area contributed by atoms with Crippen LogP contribution in [0.1, 0.15) is 32.1 Å². The topological polar surface area (TPSA) is 50.4 Å². The molecule has 0 bridgehead atoms. The molecular weight excluding hydrogens is 261 g/mol. The van der Waals surface area contributed by atoms with Gasteiger partial charge in [-0.1, -0.05) is 19.3 Å². The number of alkyl halides is 3. The van der Waals surface area contributed by atoms with Crippen molar-refractivity contribution >= 4 is 5.91 Å². The van der Waals surface area contributed by atoms with Crippen LogP contribution in [0.4, 0.5) is 13.2 Å². The fourth-order valence-electron chi connectivity index (χ4n) is 1.99. The van der Waals surface area contributed by atoms with Crippen molar-refractivity contribution in [3.05, 3.63) is 0 Å². The van der Waals surface area contributed by atoms with Gasteiger partial charge < -0.3 is 15.4 Å². The average Bonchev–Trinajstić information content (AvgIpc) is 2.36. The Kier molecular flexibility index (Phi) is 7.15. The zero-order valence-corrected chi connectivity index (χ0v) is 10.9. The molecule has 1 aliphatic carbocycles. The van der Waals surface area contributed by atoms with E-state index in [1.165, 1.54) is 19.3 Å². The molecule has 1 amide bonds. The van der Waals surface area contributed by atoms with E-state index in [9.17, 15) is 18.0 Å². The molecule has 0 atom stereocenters. The largest absolute Gasteiger partial charge is 0.405 e. The van der Waals surface area contributed by atoms with E-state index in [2.05, 4.69) is 5.32 Å². The lowest BCUT2D eigenvalue weighted by atomic mass is 9.98. The van der Waals surface area contributed by atoms with Crippen LogP contribution in [-0.2, 0) is 9.53 Å². The Hall–Kier alpha value is -0.820. The van der Waals surface area contributed by atoms with Crippen LogP contribution in [0, 0.1) is 0 Å². The van der Waals surface area contributed by atoms with Crippen molar-refractivity contribution in [2.45, 2.75) is 44.4 Å². The molecule has 0 aromatic carbocycles. The lowest BCUT2D eigenvalue weighted by molar-refractivity contribution is -0.137. The highest BCUT2D eigenvalue weighted by atomic mass is 19.4. The molecule has 7 heteroatoms. The molecule has 2 N–H and O–H groups in total. The van der Waals surface area contributed by atoms with E-state index in [0.717, 1.165) is 12.8 Å². The predicted molar refractivity (Wildman–Crippen MR) is 64.8 cm³/mol. The lowest BCUT2D eigenvalue weighted by Gasteiger charge is -2.21. The second-order valence-corrected chi connectivity index (χ2v) is 4.70. The van der Waals surface area contributed by atoms with Gasteiger partial charge in [0.15, 0.2) is 0 Å². The van der Waals surface area contributed by atoms with Crippen LogP contribution in [-0.4, -0.2) is 44.4 Å². The summed E-state index contributed by atoms with van der Waals surface area (Å²) in [5, 5.41) is 4.55. The van der Waals surface area contributed by atoms with Gasteiger partial charge in [0.05, 0.1) is 19.3 Å². The summed E-state index contributed by atoms with van der Waals surface area (Å²) in [6, 6.07) is 0. The molecule has 19 heavy (non-hydrogen) atoms. The van der Waals surface area contributed by atoms with E-state index in [-0.39, 0.29) is 6.54 Å². The maximum absolute atomic E-state index is 11.8. The Morgan fingerprint density at radius 3 is 2.53 bits per heavy atom. The lowest BCUT2D eigenvalue weighted by Crippen LogP contribution is -2.40. The maximum atomic E-state index is 11.8. The molecule has 1 saturated carbocycles. The number of carbonyl (C=O) groups excluding carboxylic acids is 1. The molecule has 0 heterocycles. The van der Waals surface area contributed by atoms with E-state index in [4.69, 9.17) is 4.74 Å². The van der Waals surface area contributed by atoms with Crippen LogP contribution in [0.5, 0.6) is 0 Å². The fourth-order valence-corrected chi connectivity index (χ4v) is 1.99. The highest BCUT2D eigenvalue weighted by Crippen LogP contribution is 2.19. The first-order valence-corrected chi connectivity index (χ1v) is 6.63. The summed E-state index contributed by atoms with van der Waals surface area (Å²) < 4.78 is 41.0. The minimum Gasteiger partial charge on any atom is -0.377 e. The van der Waals surface area contributed by atoms with Crippen molar-refractivity contribution in [3.8, 4) is 0 Å². The molecule has 0 unspecified atom stereocenters. The molecule has 0 spiro atoms. The van der Waals surface area contributed by atoms with Gasteiger partial charge in [-0.15, -0.1) is 0 Å². The molecule has 0 aliphatic heterocycles. The Bertz CT molecular complexity index is 266. The number of hydrogen-bond donors (Lipinski definition) is 2. The van der Waals surface area contributed by atoms with E-state index < -0.39 is 18.6 Å². The first-order chi connectivity index (χ1) is 8.97. The van der Waals surface area contributed by atoms with E-state index in [0.29, 0.717) is 19.3 Å². The van der Waals surface area contributed by atoms with Crippen LogP contribution in [0.2, 0.25) is 0 Å². The molecule has 0 saturated heterocycles. The van der Waals surface area contributed by atoms with Crippen molar-refractivity contribution in [2.24, 2.45) is 0 Å². The first-order valence-electron chi connectivity index (χ1n) is 6.63. The number of ether oxygens (including phenoxy) is 1. The van der Waals surface area contributed by atoms with Gasteiger partial charge in [-0.3, -0.25) is 4.79 Å². The zero-order valence-electron chi connectivity index (χ0n) is 10.9. The summed E-state index contributed by atoms with van der Waals surface area (Å²) >= 11 is 0. The summed E-state index contributed by atoms with van der Waals surface area (Å²) in [5.74, 6) is -0.657. The number of amides is 1. The maximum Gasteiger partial charge on any atom is 0.405 e. The van der Waals surface area contributed by atoms with Gasteiger partial charge in [-0.2, -0.15) is 13.2 Å². The molecule has 112 valence electrons. The van der Waals surface area contributed by atoms with E-state index >= 15 is 0 Å². The van der Waals surface area contributed by atoms with Crippen LogP contribution in [0.15, 0.2) is 0 Å². The Balaban J connectivity index is 1.93. The Labute approximate surface area is 111 Å². The number of halogens is 3. The minimum atomic E-state index is -4.36. The second-order valence-electron chi connectivity index (χ2n) is 4.70. The van der Waals surface area contributed by atoms with Crippen LogP contribution in [0.25, 0.3) is 0 Å². The molecule has 1 rings (SSSR count). The zero-order chi connectivity index (χ0) is 14.1. The minimum absolute atomic E-state index is 0.121. The van der Waals surface area contributed by atoms with Gasteiger partial charge >= 0.3 is 6.18 Å². The molecule has 0 aromatic rings. The highest BCUT2D eigenvalue weighted by molar-refractivity contribution is 5.77. The summed E-state index contributed by atoms with van der Waals surface area (Å²) in [6.45, 7) is -0.455. The SMILES string of the molecule is O=C(CNCCOC1CCCCC1)NCC(F)(F)F. The Morgan fingerprint density at radius 1 is 1.21 bits per heavy atom. The van der Waals surface area contributed by atoms with Crippen LogP contribution < -0.4 is 10.6 Å². The van der Waals surface area contributed by atoms with Gasteiger partial charge in [0.2, 0.25) is 5.91 Å². The predicted octanol–water partition coefficient (Wildman–Crippen LogP) is 1.60. The van der Waals surface area contributed by atoms with Gasteiger partial charge in [0, 0.05) is 6.54 Å². The normalized spacial score (nSPS) is 17.4. The van der Waals surface area contributed by atoms with Gasteiger partial charge in [0.1, 0.15) is 6.54 Å². The van der Waals surface area contributed by atoms with Crippen molar-refractivity contribution < 1.29 is 22.7 Å². The molecule has 1 fully saturated rings. The van der Waals surface area contributed by atoms with Gasteiger partial charge in [0.25, 0.3) is 0 Å². The highest BCUT2D eigenvalue weighted by Gasteiger charge is 2.27. The molecule has 4 nitrogen and oxygen atoms in total. The monoisotopic (exact) mass is 282 g/mol. The fraction of sp³-hybridized carbons (Fsp3) is 0.917. The third-order valence-corrected chi connectivity index (χ3v) is 2.96. The van der Waals surface area contributed by atoms with Gasteiger partial charge in [-0.05, 0) is 12.8 Å². The first kappa shape index (κ1) is 16.2. The van der Waals surface area contributed by atoms with Gasteiger partial charge in [-0.25, -0.2) is 0 Å². The summed E-state index contributed by atoms with van der Waals surface area (Å²) in [7, 11) is 0. The molecule has 1 aliphatic rings. The molecule has 0 radical (unpaired) electrons. The van der Waals surface area contributed by atoms with E-state index in [1.807, 2.05) is 0 Å². The molecule has 0 aromatic heterocycles. The average molecular weight is 282 g/mol. The van der Waals surface area contributed by atoms with Crippen LogP contribution in [0.3, 0.4) is 0 Å². The molecular formula is C12H21F3N2O2. The van der Waals surface area contributed by atoms with Crippen molar-refractivity contribution in [3.63, 3.8) is 0 Å². The summed E-state index contributed by atoms with van der Waals surface area (Å²) in [6.07, 6.45) is 1.74. The van der Waals surface area contributed by atoms with Crippen molar-refractivity contribution in [1.29, 1.82) is 0 Å². The number of carbonyl (C=O) groups is 1. The van der Waals surface area contributed by atoms with Crippen molar-refractivity contribution in [2.75, 3.05) is 26.2 Å². The van der Waals surface area contributed by atoms with Crippen molar-refractivity contribution in [1.82, 2.24) is 10.6 Å². The number of nitrogens with one attached hydrogen (secondary N) is 2. The summed E-state index contributed by atoms with van der Waals surface area (Å²) in [5.41, 5.74) is 0. The summed E-state index contributed by atoms with van der Waals surface area (Å²) in [4.78, 5) is 11.0. The Morgan fingerprint density at radius 2 is 1.89 bits per heavy atom. The number of rotatable bonds is 7. The standard InChI is InChI=1S/C12H21F3N2O2/c13-12(14,15)9-17-11(18)8-16-6-7-19-10-4-2-1-3-5-10/h10,16H,1-9H2,(H,17,18). The third kappa shape index (κ3) is 8.83.